The first-order valence-electron chi connectivity index (χ1n) is 6.70. The Labute approximate surface area is 122 Å². The number of nitrogens with two attached hydrogens (primary N) is 1. The molecular weight excluding hydrogens is 270 g/mol. The lowest BCUT2D eigenvalue weighted by Crippen LogP contribution is -2.14. The maximum atomic E-state index is 11.5. The molecule has 1 aromatic carbocycles. The van der Waals surface area contributed by atoms with Gasteiger partial charge in [0.05, 0.1) is 4.90 Å². The Balaban J connectivity index is 2.77. The lowest BCUT2D eigenvalue weighted by molar-refractivity contribution is 0.597. The minimum Gasteiger partial charge on any atom is -0.225 e. The summed E-state index contributed by atoms with van der Waals surface area (Å²) in [5.74, 6) is 0. The van der Waals surface area contributed by atoms with Crippen LogP contribution in [0.15, 0.2) is 52.5 Å². The second-order valence-corrected chi connectivity index (χ2v) is 6.76. The van der Waals surface area contributed by atoms with E-state index in [2.05, 4.69) is 32.9 Å². The average Bonchev–Trinajstić information content (AvgIpc) is 2.35. The Hall–Kier alpha value is -1.39. The zero-order valence-corrected chi connectivity index (χ0v) is 13.2. The Bertz CT molecular complexity index is 609. The van der Waals surface area contributed by atoms with Crippen molar-refractivity contribution in [1.29, 1.82) is 0 Å². The topological polar surface area (TPSA) is 60.2 Å². The highest BCUT2D eigenvalue weighted by Crippen LogP contribution is 2.16. The average molecular weight is 293 g/mol. The Kier molecular flexibility index (Phi) is 6.17. The maximum Gasteiger partial charge on any atom is 0.238 e. The van der Waals surface area contributed by atoms with E-state index in [1.54, 1.807) is 18.2 Å². The lowest BCUT2D eigenvalue weighted by atomic mass is 10.1. The molecule has 20 heavy (non-hydrogen) atoms. The molecule has 0 radical (unpaired) electrons. The van der Waals surface area contributed by atoms with Gasteiger partial charge in [0.15, 0.2) is 0 Å². The maximum absolute atomic E-state index is 11.5. The van der Waals surface area contributed by atoms with E-state index in [-0.39, 0.29) is 4.90 Å². The summed E-state index contributed by atoms with van der Waals surface area (Å²) in [6.45, 7) is 6.24. The van der Waals surface area contributed by atoms with E-state index in [0.29, 0.717) is 6.42 Å². The van der Waals surface area contributed by atoms with Crippen LogP contribution >= 0.6 is 0 Å². The first kappa shape index (κ1) is 16.7. The van der Waals surface area contributed by atoms with Crippen LogP contribution in [-0.4, -0.2) is 8.42 Å². The summed E-state index contributed by atoms with van der Waals surface area (Å²) in [4.78, 5) is 0.216. The van der Waals surface area contributed by atoms with Gasteiger partial charge in [0.2, 0.25) is 10.0 Å². The third-order valence-corrected chi connectivity index (χ3v) is 4.05. The molecule has 0 aliphatic carbocycles. The third-order valence-electron chi connectivity index (χ3n) is 3.04. The molecule has 2 N–H and O–H groups in total. The summed E-state index contributed by atoms with van der Waals surface area (Å²) >= 11 is 0. The molecule has 0 fully saturated rings. The molecule has 0 aromatic heterocycles. The van der Waals surface area contributed by atoms with Gasteiger partial charge in [0, 0.05) is 0 Å². The molecule has 0 spiro atoms. The number of sulfonamides is 1. The van der Waals surface area contributed by atoms with Crippen LogP contribution in [0.4, 0.5) is 0 Å². The zero-order valence-electron chi connectivity index (χ0n) is 12.4. The Morgan fingerprint density at radius 2 is 1.80 bits per heavy atom. The second-order valence-electron chi connectivity index (χ2n) is 5.23. The number of hydrogen-bond donors (Lipinski definition) is 1. The minimum absolute atomic E-state index is 0.216. The van der Waals surface area contributed by atoms with Gasteiger partial charge >= 0.3 is 0 Å². The quantitative estimate of drug-likeness (QED) is 0.815. The van der Waals surface area contributed by atoms with Crippen LogP contribution in [0.25, 0.3) is 0 Å². The van der Waals surface area contributed by atoms with Gasteiger partial charge < -0.3 is 0 Å². The lowest BCUT2D eigenvalue weighted by Gasteiger charge is -2.06. The molecule has 3 nitrogen and oxygen atoms in total. The number of allylic oxidation sites excluding steroid dienone is 4. The standard InChI is InChI=1S/C16H23NO2S/c1-13(2)7-6-8-14(3)11-12-15-9-4-5-10-16(15)20(17,18)19/h4-5,7,9-11H,6,8,12H2,1-3H3,(H2,17,18,19). The highest BCUT2D eigenvalue weighted by molar-refractivity contribution is 7.89. The van der Waals surface area contributed by atoms with Crippen molar-refractivity contribution in [2.75, 3.05) is 0 Å². The van der Waals surface area contributed by atoms with Crippen molar-refractivity contribution in [3.8, 4) is 0 Å². The zero-order chi connectivity index (χ0) is 15.2. The molecule has 0 saturated heterocycles. The molecule has 0 atom stereocenters. The first-order chi connectivity index (χ1) is 9.30. The van der Waals surface area contributed by atoms with Crippen LogP contribution in [0, 0.1) is 0 Å². The van der Waals surface area contributed by atoms with Gasteiger partial charge in [-0.3, -0.25) is 0 Å². The normalized spacial score (nSPS) is 12.3. The molecule has 4 heteroatoms. The van der Waals surface area contributed by atoms with Crippen molar-refractivity contribution in [2.24, 2.45) is 5.14 Å². The van der Waals surface area contributed by atoms with Crippen molar-refractivity contribution in [2.45, 2.75) is 44.9 Å². The molecule has 0 bridgehead atoms. The van der Waals surface area contributed by atoms with Gasteiger partial charge in [-0.15, -0.1) is 0 Å². The molecule has 0 heterocycles. The van der Waals surface area contributed by atoms with Crippen LogP contribution in [0.5, 0.6) is 0 Å². The SMILES string of the molecule is CC(C)=CCCC(C)=CCc1ccccc1S(N)(=O)=O. The van der Waals surface area contributed by atoms with Gasteiger partial charge in [-0.2, -0.15) is 0 Å². The number of primary sulfonamides is 1. The highest BCUT2D eigenvalue weighted by Gasteiger charge is 2.11. The predicted molar refractivity (Wildman–Crippen MR) is 83.9 cm³/mol. The van der Waals surface area contributed by atoms with Gasteiger partial charge in [0.1, 0.15) is 0 Å². The van der Waals surface area contributed by atoms with Gasteiger partial charge in [-0.1, -0.05) is 41.5 Å². The number of rotatable bonds is 6. The number of hydrogen-bond acceptors (Lipinski definition) is 2. The van der Waals surface area contributed by atoms with Crippen molar-refractivity contribution >= 4 is 10.0 Å². The summed E-state index contributed by atoms with van der Waals surface area (Å²) in [6.07, 6.45) is 6.87. The molecule has 0 saturated carbocycles. The second kappa shape index (κ2) is 7.41. The van der Waals surface area contributed by atoms with Crippen LogP contribution in [0.3, 0.4) is 0 Å². The fraction of sp³-hybridized carbons (Fsp3) is 0.375. The molecule has 0 aliphatic rings. The van der Waals surface area contributed by atoms with E-state index in [1.807, 2.05) is 6.07 Å². The van der Waals surface area contributed by atoms with Crippen molar-refractivity contribution in [3.05, 3.63) is 53.1 Å². The Morgan fingerprint density at radius 1 is 1.15 bits per heavy atom. The van der Waals surface area contributed by atoms with E-state index in [0.717, 1.165) is 18.4 Å². The van der Waals surface area contributed by atoms with Gasteiger partial charge in [0.25, 0.3) is 0 Å². The van der Waals surface area contributed by atoms with Crippen molar-refractivity contribution in [1.82, 2.24) is 0 Å². The van der Waals surface area contributed by atoms with Crippen molar-refractivity contribution < 1.29 is 8.42 Å². The summed E-state index contributed by atoms with van der Waals surface area (Å²) < 4.78 is 23.0. The van der Waals surface area contributed by atoms with Crippen LogP contribution in [-0.2, 0) is 16.4 Å². The monoisotopic (exact) mass is 293 g/mol. The first-order valence-corrected chi connectivity index (χ1v) is 8.25. The molecule has 0 unspecified atom stereocenters. The summed E-state index contributed by atoms with van der Waals surface area (Å²) in [7, 11) is -3.65. The van der Waals surface area contributed by atoms with E-state index in [9.17, 15) is 8.42 Å². The fourth-order valence-electron chi connectivity index (χ4n) is 1.92. The van der Waals surface area contributed by atoms with Gasteiger partial charge in [-0.05, 0) is 51.7 Å². The summed E-state index contributed by atoms with van der Waals surface area (Å²) in [5, 5.41) is 5.22. The minimum atomic E-state index is -3.65. The van der Waals surface area contributed by atoms with E-state index in [4.69, 9.17) is 5.14 Å². The third kappa shape index (κ3) is 5.72. The molecule has 1 rings (SSSR count). The number of benzene rings is 1. The highest BCUT2D eigenvalue weighted by atomic mass is 32.2. The van der Waals surface area contributed by atoms with E-state index >= 15 is 0 Å². The van der Waals surface area contributed by atoms with Crippen LogP contribution in [0.2, 0.25) is 0 Å². The van der Waals surface area contributed by atoms with E-state index in [1.165, 1.54) is 11.1 Å². The fourth-order valence-corrected chi connectivity index (χ4v) is 2.71. The smallest absolute Gasteiger partial charge is 0.225 e. The molecule has 110 valence electrons. The van der Waals surface area contributed by atoms with E-state index < -0.39 is 10.0 Å². The largest absolute Gasteiger partial charge is 0.238 e. The molecular formula is C16H23NO2S. The van der Waals surface area contributed by atoms with Crippen molar-refractivity contribution in [3.63, 3.8) is 0 Å². The summed E-state index contributed by atoms with van der Waals surface area (Å²) in [5.41, 5.74) is 3.32. The molecule has 1 aromatic rings. The predicted octanol–water partition coefficient (Wildman–Crippen LogP) is 3.57. The molecule has 0 amide bonds. The summed E-state index contributed by atoms with van der Waals surface area (Å²) in [6, 6.07) is 6.88. The van der Waals surface area contributed by atoms with Crippen LogP contribution < -0.4 is 5.14 Å². The van der Waals surface area contributed by atoms with Crippen LogP contribution in [0.1, 0.15) is 39.2 Å². The molecule has 0 aliphatic heterocycles. The van der Waals surface area contributed by atoms with Gasteiger partial charge in [-0.25, -0.2) is 13.6 Å². The Morgan fingerprint density at radius 3 is 2.40 bits per heavy atom.